The third kappa shape index (κ3) is 7.58. The fourth-order valence-corrected chi connectivity index (χ4v) is 3.69. The van der Waals surface area contributed by atoms with E-state index < -0.39 is 0 Å². The Hall–Kier alpha value is -0.860. The predicted octanol–water partition coefficient (Wildman–Crippen LogP) is 3.68. The van der Waals surface area contributed by atoms with Crippen molar-refractivity contribution in [3.8, 4) is 0 Å². The monoisotopic (exact) mass is 487 g/mol. The number of rotatable bonds is 8. The lowest BCUT2D eigenvalue weighted by molar-refractivity contribution is 0.0906. The van der Waals surface area contributed by atoms with Crippen molar-refractivity contribution < 1.29 is 9.47 Å². The van der Waals surface area contributed by atoms with Gasteiger partial charge in [-0.1, -0.05) is 30.3 Å². The first-order valence-electron chi connectivity index (χ1n) is 10.1. The lowest BCUT2D eigenvalue weighted by Gasteiger charge is -2.22. The molecule has 2 heterocycles. The summed E-state index contributed by atoms with van der Waals surface area (Å²) in [4.78, 5) is 7.22. The largest absolute Gasteiger partial charge is 0.378 e. The van der Waals surface area contributed by atoms with Gasteiger partial charge in [0.1, 0.15) is 0 Å². The van der Waals surface area contributed by atoms with Gasteiger partial charge in [0.15, 0.2) is 5.96 Å². The van der Waals surface area contributed by atoms with Crippen molar-refractivity contribution in [2.75, 3.05) is 39.4 Å². The third-order valence-electron chi connectivity index (χ3n) is 5.12. The van der Waals surface area contributed by atoms with Crippen molar-refractivity contribution >= 4 is 29.9 Å². The SMILES string of the molecule is CCNC(=NCCC1CCCO1)N1CCC(COCc2ccccc2)C1.I. The quantitative estimate of drug-likeness (QED) is 0.345. The lowest BCUT2D eigenvalue weighted by atomic mass is 10.1. The van der Waals surface area contributed by atoms with Gasteiger partial charge in [-0.25, -0.2) is 0 Å². The van der Waals surface area contributed by atoms with Crippen LogP contribution in [0.1, 0.15) is 38.2 Å². The molecule has 0 amide bonds. The number of guanidine groups is 1. The Morgan fingerprint density at radius 2 is 2.15 bits per heavy atom. The molecule has 2 unspecified atom stereocenters. The molecule has 0 aliphatic carbocycles. The van der Waals surface area contributed by atoms with Gasteiger partial charge in [-0.15, -0.1) is 24.0 Å². The van der Waals surface area contributed by atoms with Gasteiger partial charge in [0, 0.05) is 38.7 Å². The zero-order valence-corrected chi connectivity index (χ0v) is 18.8. The summed E-state index contributed by atoms with van der Waals surface area (Å²) in [5.74, 6) is 1.64. The topological polar surface area (TPSA) is 46.1 Å². The molecule has 0 radical (unpaired) electrons. The average Bonchev–Trinajstić information content (AvgIpc) is 3.34. The maximum atomic E-state index is 5.94. The molecule has 0 aromatic heterocycles. The van der Waals surface area contributed by atoms with Crippen molar-refractivity contribution in [3.05, 3.63) is 35.9 Å². The Morgan fingerprint density at radius 3 is 2.89 bits per heavy atom. The van der Waals surface area contributed by atoms with Crippen LogP contribution in [-0.2, 0) is 16.1 Å². The highest BCUT2D eigenvalue weighted by atomic mass is 127. The minimum Gasteiger partial charge on any atom is -0.378 e. The molecule has 1 N–H and O–H groups in total. The number of likely N-dealkylation sites (tertiary alicyclic amines) is 1. The summed E-state index contributed by atoms with van der Waals surface area (Å²) in [5.41, 5.74) is 1.24. The number of benzene rings is 1. The van der Waals surface area contributed by atoms with E-state index in [0.717, 1.165) is 51.8 Å². The number of aliphatic imine (C=N–C) groups is 1. The van der Waals surface area contributed by atoms with Gasteiger partial charge in [-0.05, 0) is 38.2 Å². The number of ether oxygens (including phenoxy) is 2. The van der Waals surface area contributed by atoms with Crippen LogP contribution in [0.2, 0.25) is 0 Å². The van der Waals surface area contributed by atoms with Crippen molar-refractivity contribution in [1.82, 2.24) is 10.2 Å². The van der Waals surface area contributed by atoms with Gasteiger partial charge in [0.05, 0.1) is 19.3 Å². The highest BCUT2D eigenvalue weighted by Gasteiger charge is 2.25. The van der Waals surface area contributed by atoms with Crippen LogP contribution in [0.15, 0.2) is 35.3 Å². The smallest absolute Gasteiger partial charge is 0.193 e. The maximum Gasteiger partial charge on any atom is 0.193 e. The third-order valence-corrected chi connectivity index (χ3v) is 5.12. The molecule has 3 rings (SSSR count). The fraction of sp³-hybridized carbons (Fsp3) is 0.667. The van der Waals surface area contributed by atoms with E-state index in [1.165, 1.54) is 24.8 Å². The minimum atomic E-state index is 0. The van der Waals surface area contributed by atoms with Crippen LogP contribution in [0, 0.1) is 5.92 Å². The molecule has 2 aliphatic rings. The van der Waals surface area contributed by atoms with Gasteiger partial charge in [-0.3, -0.25) is 4.99 Å². The van der Waals surface area contributed by atoms with Crippen LogP contribution in [0.4, 0.5) is 0 Å². The molecule has 2 atom stereocenters. The zero-order chi connectivity index (χ0) is 18.0. The van der Waals surface area contributed by atoms with Crippen LogP contribution >= 0.6 is 24.0 Å². The number of halogens is 1. The van der Waals surface area contributed by atoms with Gasteiger partial charge in [0.25, 0.3) is 0 Å². The molecule has 2 aliphatic heterocycles. The molecule has 0 bridgehead atoms. The van der Waals surface area contributed by atoms with E-state index in [2.05, 4.69) is 41.4 Å². The Bertz CT molecular complexity index is 550. The molecule has 1 aromatic rings. The highest BCUT2D eigenvalue weighted by molar-refractivity contribution is 14.0. The van der Waals surface area contributed by atoms with Crippen LogP contribution < -0.4 is 5.32 Å². The van der Waals surface area contributed by atoms with Gasteiger partial charge < -0.3 is 19.7 Å². The fourth-order valence-electron chi connectivity index (χ4n) is 3.69. The molecule has 6 heteroatoms. The van der Waals surface area contributed by atoms with E-state index >= 15 is 0 Å². The van der Waals surface area contributed by atoms with Crippen molar-refractivity contribution in [3.63, 3.8) is 0 Å². The summed E-state index contributed by atoms with van der Waals surface area (Å²) in [6, 6.07) is 10.4. The Kier molecular flexibility index (Phi) is 10.4. The predicted molar refractivity (Wildman–Crippen MR) is 121 cm³/mol. The first-order valence-corrected chi connectivity index (χ1v) is 10.1. The van der Waals surface area contributed by atoms with Crippen LogP contribution in [0.25, 0.3) is 0 Å². The molecule has 27 heavy (non-hydrogen) atoms. The lowest BCUT2D eigenvalue weighted by Crippen LogP contribution is -2.40. The maximum absolute atomic E-state index is 5.94. The zero-order valence-electron chi connectivity index (χ0n) is 16.4. The summed E-state index contributed by atoms with van der Waals surface area (Å²) >= 11 is 0. The van der Waals surface area contributed by atoms with Crippen LogP contribution in [0.3, 0.4) is 0 Å². The summed E-state index contributed by atoms with van der Waals surface area (Å²) in [7, 11) is 0. The summed E-state index contributed by atoms with van der Waals surface area (Å²) in [5, 5.41) is 3.45. The Labute approximate surface area is 180 Å². The van der Waals surface area contributed by atoms with Crippen LogP contribution in [0.5, 0.6) is 0 Å². The molecule has 5 nitrogen and oxygen atoms in total. The second-order valence-corrected chi connectivity index (χ2v) is 7.26. The molecule has 0 spiro atoms. The van der Waals surface area contributed by atoms with Crippen molar-refractivity contribution in [1.29, 1.82) is 0 Å². The molecular formula is C21H34IN3O2. The molecule has 0 saturated carbocycles. The molecular weight excluding hydrogens is 453 g/mol. The molecule has 1 aromatic carbocycles. The van der Waals surface area contributed by atoms with Crippen molar-refractivity contribution in [2.45, 2.75) is 45.3 Å². The van der Waals surface area contributed by atoms with Crippen LogP contribution in [-0.4, -0.2) is 56.4 Å². The minimum absolute atomic E-state index is 0. The van der Waals surface area contributed by atoms with Gasteiger partial charge in [-0.2, -0.15) is 0 Å². The molecule has 152 valence electrons. The van der Waals surface area contributed by atoms with E-state index in [0.29, 0.717) is 18.6 Å². The average molecular weight is 487 g/mol. The van der Waals surface area contributed by atoms with E-state index in [1.807, 2.05) is 6.07 Å². The van der Waals surface area contributed by atoms with Gasteiger partial charge in [0.2, 0.25) is 0 Å². The van der Waals surface area contributed by atoms with E-state index in [-0.39, 0.29) is 24.0 Å². The van der Waals surface area contributed by atoms with Crippen molar-refractivity contribution in [2.24, 2.45) is 10.9 Å². The number of nitrogens with one attached hydrogen (secondary N) is 1. The summed E-state index contributed by atoms with van der Waals surface area (Å²) in [6.07, 6.45) is 5.01. The Balaban J connectivity index is 0.00000261. The number of nitrogens with zero attached hydrogens (tertiary/aromatic N) is 2. The molecule has 2 fully saturated rings. The van der Waals surface area contributed by atoms with E-state index in [9.17, 15) is 0 Å². The van der Waals surface area contributed by atoms with Gasteiger partial charge >= 0.3 is 0 Å². The second kappa shape index (κ2) is 12.6. The van der Waals surface area contributed by atoms with E-state index in [4.69, 9.17) is 14.5 Å². The number of hydrogen-bond acceptors (Lipinski definition) is 3. The number of hydrogen-bond donors (Lipinski definition) is 1. The van der Waals surface area contributed by atoms with E-state index in [1.54, 1.807) is 0 Å². The highest BCUT2D eigenvalue weighted by Crippen LogP contribution is 2.18. The normalized spacial score (nSPS) is 22.7. The first kappa shape index (κ1) is 22.4. The second-order valence-electron chi connectivity index (χ2n) is 7.26. The first-order chi connectivity index (χ1) is 12.8. The Morgan fingerprint density at radius 1 is 1.30 bits per heavy atom. The summed E-state index contributed by atoms with van der Waals surface area (Å²) < 4.78 is 11.6. The standard InChI is InChI=1S/C21H33N3O2.HI/c1-2-22-21(23-12-10-20-9-6-14-26-20)24-13-11-19(15-24)17-25-16-18-7-4-3-5-8-18;/h3-5,7-8,19-20H,2,6,9-17H2,1H3,(H,22,23);1H. The summed E-state index contributed by atoms with van der Waals surface area (Å²) in [6.45, 7) is 8.42. The molecule has 2 saturated heterocycles.